The number of likely N-dealkylation sites (N-methyl/N-ethyl adjacent to an activating group) is 1. The molecule has 0 aromatic rings. The first kappa shape index (κ1) is 18.5. The van der Waals surface area contributed by atoms with Gasteiger partial charge in [-0.05, 0) is 46.7 Å². The maximum atomic E-state index is 5.42. The van der Waals surface area contributed by atoms with Gasteiger partial charge in [-0.2, -0.15) is 0 Å². The van der Waals surface area contributed by atoms with Crippen molar-refractivity contribution in [1.29, 1.82) is 0 Å². The molecule has 2 aliphatic rings. The van der Waals surface area contributed by atoms with Gasteiger partial charge < -0.3 is 20.3 Å². The zero-order valence-electron chi connectivity index (χ0n) is 15.3. The summed E-state index contributed by atoms with van der Waals surface area (Å²) in [5, 5.41) is 6.91. The molecule has 2 rings (SSSR count). The van der Waals surface area contributed by atoms with E-state index in [2.05, 4.69) is 48.4 Å². The van der Waals surface area contributed by atoms with E-state index in [9.17, 15) is 0 Å². The first-order chi connectivity index (χ1) is 11.1. The van der Waals surface area contributed by atoms with Gasteiger partial charge in [-0.3, -0.25) is 9.89 Å². The largest absolute Gasteiger partial charge is 0.379 e. The summed E-state index contributed by atoms with van der Waals surface area (Å²) in [6.07, 6.45) is 2.73. The second-order valence-electron chi connectivity index (χ2n) is 6.97. The van der Waals surface area contributed by atoms with Crippen molar-refractivity contribution in [3.8, 4) is 0 Å². The summed E-state index contributed by atoms with van der Waals surface area (Å²) < 4.78 is 5.42. The Kier molecular flexibility index (Phi) is 7.59. The van der Waals surface area contributed by atoms with Crippen LogP contribution in [0, 0.1) is 5.92 Å². The molecule has 23 heavy (non-hydrogen) atoms. The predicted molar refractivity (Wildman–Crippen MR) is 96.0 cm³/mol. The summed E-state index contributed by atoms with van der Waals surface area (Å²) in [6, 6.07) is 1.07. The number of guanidine groups is 1. The third kappa shape index (κ3) is 6.28. The highest BCUT2D eigenvalue weighted by Crippen LogP contribution is 2.34. The molecule has 0 amide bonds. The summed E-state index contributed by atoms with van der Waals surface area (Å²) in [5.74, 6) is 1.80. The van der Waals surface area contributed by atoms with E-state index in [1.54, 1.807) is 0 Å². The Bertz CT molecular complexity index is 362. The first-order valence-electron chi connectivity index (χ1n) is 9.12. The lowest BCUT2D eigenvalue weighted by Gasteiger charge is -2.31. The van der Waals surface area contributed by atoms with Gasteiger partial charge in [0.2, 0.25) is 0 Å². The van der Waals surface area contributed by atoms with Crippen LogP contribution in [-0.4, -0.2) is 87.9 Å². The van der Waals surface area contributed by atoms with E-state index in [1.165, 1.54) is 12.8 Å². The molecule has 1 saturated carbocycles. The van der Waals surface area contributed by atoms with E-state index in [0.29, 0.717) is 12.1 Å². The fraction of sp³-hybridized carbons (Fsp3) is 0.941. The third-order valence-corrected chi connectivity index (χ3v) is 4.83. The molecule has 1 aliphatic carbocycles. The zero-order chi connectivity index (χ0) is 16.7. The molecule has 0 bridgehead atoms. The normalized spacial score (nSPS) is 22.9. The van der Waals surface area contributed by atoms with Crippen LogP contribution in [-0.2, 0) is 4.74 Å². The minimum absolute atomic E-state index is 0.461. The molecule has 6 heteroatoms. The van der Waals surface area contributed by atoms with Gasteiger partial charge in [0, 0.05) is 38.3 Å². The Balaban J connectivity index is 1.81. The maximum absolute atomic E-state index is 5.42. The van der Waals surface area contributed by atoms with Gasteiger partial charge in [0.25, 0.3) is 0 Å². The van der Waals surface area contributed by atoms with Crippen LogP contribution >= 0.6 is 0 Å². The number of rotatable bonds is 8. The van der Waals surface area contributed by atoms with Crippen molar-refractivity contribution in [3.05, 3.63) is 0 Å². The van der Waals surface area contributed by atoms with Crippen LogP contribution in [0.5, 0.6) is 0 Å². The van der Waals surface area contributed by atoms with Gasteiger partial charge in [0.1, 0.15) is 0 Å². The smallest absolute Gasteiger partial charge is 0.191 e. The summed E-state index contributed by atoms with van der Waals surface area (Å²) in [6.45, 7) is 10.8. The lowest BCUT2D eigenvalue weighted by molar-refractivity contribution is 0.0220. The second kappa shape index (κ2) is 9.45. The van der Waals surface area contributed by atoms with E-state index in [4.69, 9.17) is 9.73 Å². The monoisotopic (exact) mass is 325 g/mol. The SMILES string of the molecule is CCNC(=NCC(C)N1CCOCC1)NCC(C1CC1)N(C)C. The minimum atomic E-state index is 0.461. The van der Waals surface area contributed by atoms with E-state index < -0.39 is 0 Å². The van der Waals surface area contributed by atoms with Crippen molar-refractivity contribution >= 4 is 5.96 Å². The topological polar surface area (TPSA) is 52.1 Å². The van der Waals surface area contributed by atoms with E-state index in [1.807, 2.05) is 0 Å². The van der Waals surface area contributed by atoms with Gasteiger partial charge in [0.15, 0.2) is 5.96 Å². The van der Waals surface area contributed by atoms with Crippen LogP contribution in [0.15, 0.2) is 4.99 Å². The number of morpholine rings is 1. The fourth-order valence-corrected chi connectivity index (χ4v) is 3.15. The number of hydrogen-bond donors (Lipinski definition) is 2. The third-order valence-electron chi connectivity index (χ3n) is 4.83. The molecule has 0 radical (unpaired) electrons. The second-order valence-corrected chi connectivity index (χ2v) is 6.97. The zero-order valence-corrected chi connectivity index (χ0v) is 15.3. The van der Waals surface area contributed by atoms with E-state index >= 15 is 0 Å². The minimum Gasteiger partial charge on any atom is -0.379 e. The summed E-state index contributed by atoms with van der Waals surface area (Å²) >= 11 is 0. The van der Waals surface area contributed by atoms with Crippen molar-refractivity contribution in [2.75, 3.05) is 60.0 Å². The standard InChI is InChI=1S/C17H35N5O/c1-5-18-17(20-13-16(21(3)4)15-6-7-15)19-12-14(2)22-8-10-23-11-9-22/h14-16H,5-13H2,1-4H3,(H2,18,19,20). The summed E-state index contributed by atoms with van der Waals surface area (Å²) in [7, 11) is 4.35. The lowest BCUT2D eigenvalue weighted by Crippen LogP contribution is -2.47. The van der Waals surface area contributed by atoms with Crippen LogP contribution in [0.4, 0.5) is 0 Å². The Morgan fingerprint density at radius 1 is 1.26 bits per heavy atom. The Labute approximate surface area is 141 Å². The molecular weight excluding hydrogens is 290 g/mol. The highest BCUT2D eigenvalue weighted by Gasteiger charge is 2.32. The average molecular weight is 326 g/mol. The van der Waals surface area contributed by atoms with Crippen LogP contribution in [0.3, 0.4) is 0 Å². The molecule has 2 unspecified atom stereocenters. The first-order valence-corrected chi connectivity index (χ1v) is 9.12. The van der Waals surface area contributed by atoms with E-state index in [0.717, 1.165) is 57.8 Å². The Morgan fingerprint density at radius 2 is 1.96 bits per heavy atom. The highest BCUT2D eigenvalue weighted by molar-refractivity contribution is 5.79. The van der Waals surface area contributed by atoms with Crippen molar-refractivity contribution in [1.82, 2.24) is 20.4 Å². The summed E-state index contributed by atoms with van der Waals surface area (Å²) in [5.41, 5.74) is 0. The van der Waals surface area contributed by atoms with Gasteiger partial charge in [-0.25, -0.2) is 0 Å². The van der Waals surface area contributed by atoms with Gasteiger partial charge in [-0.1, -0.05) is 0 Å². The molecule has 2 fully saturated rings. The van der Waals surface area contributed by atoms with E-state index in [-0.39, 0.29) is 0 Å². The van der Waals surface area contributed by atoms with Gasteiger partial charge in [0.05, 0.1) is 19.8 Å². The number of nitrogens with zero attached hydrogens (tertiary/aromatic N) is 3. The fourth-order valence-electron chi connectivity index (χ4n) is 3.15. The van der Waals surface area contributed by atoms with Crippen LogP contribution in [0.1, 0.15) is 26.7 Å². The van der Waals surface area contributed by atoms with Gasteiger partial charge >= 0.3 is 0 Å². The molecule has 1 heterocycles. The van der Waals surface area contributed by atoms with Crippen molar-refractivity contribution in [3.63, 3.8) is 0 Å². The molecule has 1 saturated heterocycles. The van der Waals surface area contributed by atoms with Crippen LogP contribution in [0.25, 0.3) is 0 Å². The Morgan fingerprint density at radius 3 is 2.52 bits per heavy atom. The molecule has 134 valence electrons. The Hall–Kier alpha value is -0.850. The van der Waals surface area contributed by atoms with Crippen molar-refractivity contribution in [2.24, 2.45) is 10.9 Å². The number of ether oxygens (including phenoxy) is 1. The van der Waals surface area contributed by atoms with Crippen molar-refractivity contribution < 1.29 is 4.74 Å². The highest BCUT2D eigenvalue weighted by atomic mass is 16.5. The molecule has 0 aromatic heterocycles. The number of nitrogens with one attached hydrogen (secondary N) is 2. The molecule has 1 aliphatic heterocycles. The maximum Gasteiger partial charge on any atom is 0.191 e. The number of hydrogen-bond acceptors (Lipinski definition) is 4. The molecular formula is C17H35N5O. The lowest BCUT2D eigenvalue weighted by atomic mass is 10.1. The van der Waals surface area contributed by atoms with Crippen molar-refractivity contribution in [2.45, 2.75) is 38.8 Å². The summed E-state index contributed by atoms with van der Waals surface area (Å²) in [4.78, 5) is 9.59. The molecule has 0 spiro atoms. The molecule has 0 aromatic carbocycles. The number of aliphatic imine (C=N–C) groups is 1. The molecule has 2 atom stereocenters. The van der Waals surface area contributed by atoms with Crippen LogP contribution in [0.2, 0.25) is 0 Å². The van der Waals surface area contributed by atoms with Crippen LogP contribution < -0.4 is 10.6 Å². The molecule has 2 N–H and O–H groups in total. The average Bonchev–Trinajstić information content (AvgIpc) is 3.37. The predicted octanol–water partition coefficient (Wildman–Crippen LogP) is 0.602. The quantitative estimate of drug-likeness (QED) is 0.506. The molecule has 6 nitrogen and oxygen atoms in total. The van der Waals surface area contributed by atoms with Gasteiger partial charge in [-0.15, -0.1) is 0 Å².